The van der Waals surface area contributed by atoms with Gasteiger partial charge in [0.05, 0.1) is 39.2 Å². The Morgan fingerprint density at radius 1 is 0.697 bits per heavy atom. The highest BCUT2D eigenvalue weighted by atomic mass is 35.5. The molecule has 1 rings (SSSR count). The number of unbranched alkanes of at least 4 members (excludes halogenated alkanes) is 10. The molecule has 0 aromatic heterocycles. The van der Waals surface area contributed by atoms with E-state index in [0.29, 0.717) is 13.0 Å². The first kappa shape index (κ1) is 31.9. The van der Waals surface area contributed by atoms with Crippen molar-refractivity contribution in [2.45, 2.75) is 111 Å². The van der Waals surface area contributed by atoms with Crippen LogP contribution in [0.15, 0.2) is 30.3 Å². The van der Waals surface area contributed by atoms with Crippen molar-refractivity contribution in [1.82, 2.24) is 0 Å². The molecule has 0 bridgehead atoms. The van der Waals surface area contributed by atoms with Gasteiger partial charge in [-0.05, 0) is 38.2 Å². The third-order valence-corrected chi connectivity index (χ3v) is 6.87. The quantitative estimate of drug-likeness (QED) is 0.144. The molecule has 0 fully saturated rings. The minimum atomic E-state index is -0.0994. The standard InChI is InChI=1S/C29H52NO2.ClH/c1-4-7-9-11-13-18-23-30(6-3,24-19-14-12-10-8-5-2)25-20-26-32-29(31)27-28-21-16-15-17-22-28;/h15-17,21-22H,4-14,18-20,23-27H2,1-3H3;1H/q+1;/p-1. The Kier molecular flexibility index (Phi) is 20.8. The Balaban J connectivity index is 0.0000102. The number of benzene rings is 1. The van der Waals surface area contributed by atoms with Crippen LogP contribution in [0, 0.1) is 0 Å². The third kappa shape index (κ3) is 16.2. The molecule has 1 aromatic rings. The number of ether oxygens (including phenoxy) is 1. The SMILES string of the molecule is CCCCCCCC[N+](CC)(CCCCCCCC)CCCOC(=O)Cc1ccccc1.[Cl-]. The maximum absolute atomic E-state index is 12.2. The zero-order valence-corrected chi connectivity index (χ0v) is 22.7. The van der Waals surface area contributed by atoms with E-state index in [-0.39, 0.29) is 18.4 Å². The molecule has 1 aromatic carbocycles. The summed E-state index contributed by atoms with van der Waals surface area (Å²) in [5.74, 6) is -0.0994. The lowest BCUT2D eigenvalue weighted by atomic mass is 10.1. The van der Waals surface area contributed by atoms with E-state index >= 15 is 0 Å². The largest absolute Gasteiger partial charge is 1.00 e. The molecule has 0 aliphatic rings. The highest BCUT2D eigenvalue weighted by Crippen LogP contribution is 2.17. The molecular weight excluding hydrogens is 430 g/mol. The van der Waals surface area contributed by atoms with E-state index < -0.39 is 0 Å². The van der Waals surface area contributed by atoms with E-state index in [1.54, 1.807) is 0 Å². The van der Waals surface area contributed by atoms with Crippen molar-refractivity contribution in [3.63, 3.8) is 0 Å². The van der Waals surface area contributed by atoms with Crippen LogP contribution in [0.25, 0.3) is 0 Å². The molecule has 192 valence electrons. The van der Waals surface area contributed by atoms with Crippen LogP contribution in [0.2, 0.25) is 0 Å². The van der Waals surface area contributed by atoms with Gasteiger partial charge in [0.25, 0.3) is 0 Å². The van der Waals surface area contributed by atoms with Crippen molar-refractivity contribution >= 4 is 5.97 Å². The van der Waals surface area contributed by atoms with Crippen molar-refractivity contribution in [1.29, 1.82) is 0 Å². The van der Waals surface area contributed by atoms with Gasteiger partial charge in [-0.1, -0.05) is 95.5 Å². The Labute approximate surface area is 211 Å². The van der Waals surface area contributed by atoms with Crippen LogP contribution in [0.3, 0.4) is 0 Å². The average molecular weight is 482 g/mol. The summed E-state index contributed by atoms with van der Waals surface area (Å²) in [4.78, 5) is 12.2. The summed E-state index contributed by atoms with van der Waals surface area (Å²) >= 11 is 0. The van der Waals surface area contributed by atoms with Crippen molar-refractivity contribution in [2.24, 2.45) is 0 Å². The van der Waals surface area contributed by atoms with E-state index in [1.165, 1.54) is 101 Å². The summed E-state index contributed by atoms with van der Waals surface area (Å²) in [7, 11) is 0. The summed E-state index contributed by atoms with van der Waals surface area (Å²) in [6.07, 6.45) is 17.7. The fourth-order valence-electron chi connectivity index (χ4n) is 4.66. The topological polar surface area (TPSA) is 26.3 Å². The molecule has 0 aliphatic heterocycles. The van der Waals surface area contributed by atoms with Gasteiger partial charge in [-0.2, -0.15) is 0 Å². The third-order valence-electron chi connectivity index (χ3n) is 6.87. The number of halogens is 1. The number of carbonyl (C=O) groups excluding carboxylic acids is 1. The molecule has 0 amide bonds. The monoisotopic (exact) mass is 481 g/mol. The number of quaternary nitrogens is 1. The molecule has 0 spiro atoms. The smallest absolute Gasteiger partial charge is 0.310 e. The normalized spacial score (nSPS) is 11.2. The fourth-order valence-corrected chi connectivity index (χ4v) is 4.66. The zero-order valence-electron chi connectivity index (χ0n) is 22.0. The Morgan fingerprint density at radius 3 is 1.70 bits per heavy atom. The van der Waals surface area contributed by atoms with Crippen LogP contribution in [0.1, 0.15) is 110 Å². The average Bonchev–Trinajstić information content (AvgIpc) is 2.81. The van der Waals surface area contributed by atoms with Crippen molar-refractivity contribution in [3.05, 3.63) is 35.9 Å². The molecule has 0 aliphatic carbocycles. The lowest BCUT2D eigenvalue weighted by molar-refractivity contribution is -0.927. The first-order chi connectivity index (χ1) is 15.7. The first-order valence-electron chi connectivity index (χ1n) is 13.7. The molecule has 0 radical (unpaired) electrons. The lowest BCUT2D eigenvalue weighted by Gasteiger charge is -2.38. The highest BCUT2D eigenvalue weighted by Gasteiger charge is 2.24. The second-order valence-corrected chi connectivity index (χ2v) is 9.60. The van der Waals surface area contributed by atoms with Gasteiger partial charge < -0.3 is 21.6 Å². The Morgan fingerprint density at radius 2 is 1.18 bits per heavy atom. The molecular formula is C29H52ClNO2. The lowest BCUT2D eigenvalue weighted by Crippen LogP contribution is -3.00. The van der Waals surface area contributed by atoms with Gasteiger partial charge in [0.2, 0.25) is 0 Å². The maximum Gasteiger partial charge on any atom is 0.310 e. The first-order valence-corrected chi connectivity index (χ1v) is 13.7. The number of hydrogen-bond donors (Lipinski definition) is 0. The molecule has 0 heterocycles. The molecule has 33 heavy (non-hydrogen) atoms. The van der Waals surface area contributed by atoms with Gasteiger partial charge in [0.15, 0.2) is 0 Å². The predicted octanol–water partition coefficient (Wildman–Crippen LogP) is 4.72. The predicted molar refractivity (Wildman–Crippen MR) is 138 cm³/mol. The minimum Gasteiger partial charge on any atom is -1.00 e. The van der Waals surface area contributed by atoms with Crippen LogP contribution >= 0.6 is 0 Å². The van der Waals surface area contributed by atoms with Crippen molar-refractivity contribution < 1.29 is 26.4 Å². The molecule has 0 saturated heterocycles. The van der Waals surface area contributed by atoms with Crippen LogP contribution in [-0.4, -0.2) is 43.2 Å². The number of hydrogen-bond acceptors (Lipinski definition) is 2. The van der Waals surface area contributed by atoms with Crippen LogP contribution < -0.4 is 12.4 Å². The minimum absolute atomic E-state index is 0. The van der Waals surface area contributed by atoms with E-state index in [4.69, 9.17) is 4.74 Å². The van der Waals surface area contributed by atoms with E-state index in [2.05, 4.69) is 20.8 Å². The van der Waals surface area contributed by atoms with Gasteiger partial charge in [0.1, 0.15) is 0 Å². The molecule has 4 heteroatoms. The zero-order chi connectivity index (χ0) is 23.3. The molecule has 0 saturated carbocycles. The number of nitrogens with zero attached hydrogens (tertiary/aromatic N) is 1. The van der Waals surface area contributed by atoms with Crippen LogP contribution in [0.4, 0.5) is 0 Å². The van der Waals surface area contributed by atoms with Gasteiger partial charge in [-0.15, -0.1) is 0 Å². The van der Waals surface area contributed by atoms with Crippen molar-refractivity contribution in [3.8, 4) is 0 Å². The van der Waals surface area contributed by atoms with Gasteiger partial charge in [-0.3, -0.25) is 4.79 Å². The van der Waals surface area contributed by atoms with E-state index in [9.17, 15) is 4.79 Å². The van der Waals surface area contributed by atoms with Crippen LogP contribution in [-0.2, 0) is 16.0 Å². The highest BCUT2D eigenvalue weighted by molar-refractivity contribution is 5.72. The number of carbonyl (C=O) groups is 1. The summed E-state index contributed by atoms with van der Waals surface area (Å²) in [5.41, 5.74) is 1.03. The summed E-state index contributed by atoms with van der Waals surface area (Å²) in [5, 5.41) is 0. The van der Waals surface area contributed by atoms with Crippen molar-refractivity contribution in [2.75, 3.05) is 32.8 Å². The Hall–Kier alpha value is -1.06. The maximum atomic E-state index is 12.2. The van der Waals surface area contributed by atoms with Gasteiger partial charge >= 0.3 is 5.97 Å². The van der Waals surface area contributed by atoms with E-state index in [1.807, 2.05) is 30.3 Å². The molecule has 3 nitrogen and oxygen atoms in total. The van der Waals surface area contributed by atoms with Crippen LogP contribution in [0.5, 0.6) is 0 Å². The number of rotatable bonds is 21. The molecule has 0 unspecified atom stereocenters. The van der Waals surface area contributed by atoms with Gasteiger partial charge in [-0.25, -0.2) is 0 Å². The fraction of sp³-hybridized carbons (Fsp3) is 0.759. The second-order valence-electron chi connectivity index (χ2n) is 9.60. The van der Waals surface area contributed by atoms with E-state index in [0.717, 1.165) is 18.5 Å². The number of esters is 1. The molecule has 0 N–H and O–H groups in total. The Bertz CT molecular complexity index is 548. The summed E-state index contributed by atoms with van der Waals surface area (Å²) in [6.45, 7) is 12.4. The second kappa shape index (κ2) is 21.5. The van der Waals surface area contributed by atoms with Gasteiger partial charge in [0, 0.05) is 6.42 Å². The summed E-state index contributed by atoms with van der Waals surface area (Å²) < 4.78 is 6.78. The molecule has 0 atom stereocenters. The summed E-state index contributed by atoms with van der Waals surface area (Å²) in [6, 6.07) is 9.90.